The van der Waals surface area contributed by atoms with Gasteiger partial charge in [0.25, 0.3) is 0 Å². The molecule has 8 nitrogen and oxygen atoms in total. The molecule has 10 heteroatoms. The topological polar surface area (TPSA) is 147 Å². The third-order valence-electron chi connectivity index (χ3n) is 8.61. The zero-order chi connectivity index (χ0) is 23.0. The quantitative estimate of drug-likeness (QED) is 0.582. The zero-order valence-electron chi connectivity index (χ0n) is 17.4. The van der Waals surface area contributed by atoms with Gasteiger partial charge in [0.15, 0.2) is 17.2 Å². The smallest absolute Gasteiger partial charge is 0.190 e. The molecule has 0 radical (unpaired) electrons. The van der Waals surface area contributed by atoms with Crippen LogP contribution in [0.2, 0.25) is 0 Å². The average Bonchev–Trinajstić information content (AvgIpc) is 2.93. The number of rotatable bonds is 4. The van der Waals surface area contributed by atoms with Gasteiger partial charge in [-0.3, -0.25) is 9.59 Å². The molecule has 3 fully saturated rings. The fourth-order valence-corrected chi connectivity index (χ4v) is 7.21. The number of phosphoric ester groups is 1. The molecule has 0 spiro atoms. The van der Waals surface area contributed by atoms with Gasteiger partial charge in [0.05, 0.1) is 13.9 Å². The van der Waals surface area contributed by atoms with E-state index in [-0.39, 0.29) is 18.6 Å². The molecular formula is C21H26FO8P-2. The Morgan fingerprint density at radius 1 is 1.32 bits per heavy atom. The highest BCUT2D eigenvalue weighted by atomic mass is 31.2. The van der Waals surface area contributed by atoms with E-state index in [1.807, 2.05) is 0 Å². The Balaban J connectivity index is 1.70. The van der Waals surface area contributed by atoms with Gasteiger partial charge in [-0.25, -0.2) is 4.39 Å². The minimum absolute atomic E-state index is 0.0502. The van der Waals surface area contributed by atoms with Crippen LogP contribution < -0.4 is 9.79 Å². The fourth-order valence-electron chi connectivity index (χ4n) is 6.93. The number of hydrogen-bond donors (Lipinski definition) is 2. The van der Waals surface area contributed by atoms with Gasteiger partial charge in [0.2, 0.25) is 0 Å². The van der Waals surface area contributed by atoms with Crippen molar-refractivity contribution in [2.45, 2.75) is 63.3 Å². The fraction of sp³-hybridized carbons (Fsp3) is 0.714. The molecule has 2 N–H and O–H groups in total. The van der Waals surface area contributed by atoms with Crippen molar-refractivity contribution >= 4 is 19.4 Å². The van der Waals surface area contributed by atoms with E-state index >= 15 is 4.39 Å². The van der Waals surface area contributed by atoms with Crippen LogP contribution in [-0.2, 0) is 18.7 Å². The summed E-state index contributed by atoms with van der Waals surface area (Å²) in [6.45, 7) is 2.17. The molecule has 3 saturated carbocycles. The Hall–Kier alpha value is -1.22. The van der Waals surface area contributed by atoms with E-state index in [0.29, 0.717) is 24.8 Å². The minimum Gasteiger partial charge on any atom is -0.790 e. The third kappa shape index (κ3) is 3.01. The van der Waals surface area contributed by atoms with Crippen LogP contribution in [-0.4, -0.2) is 45.8 Å². The summed E-state index contributed by atoms with van der Waals surface area (Å²) in [5, 5.41) is 22.4. The summed E-state index contributed by atoms with van der Waals surface area (Å²) in [5.74, 6) is -2.34. The molecule has 0 aromatic carbocycles. The summed E-state index contributed by atoms with van der Waals surface area (Å²) in [5.41, 5.74) is -5.93. The Bertz CT molecular complexity index is 942. The number of Topliss-reactive ketones (excluding diaryl/α,β-unsaturated/α-hetero) is 1. The van der Waals surface area contributed by atoms with Gasteiger partial charge >= 0.3 is 0 Å². The normalized spacial score (nSPS) is 46.7. The average molecular weight is 456 g/mol. The molecule has 0 bridgehead atoms. The van der Waals surface area contributed by atoms with Gasteiger partial charge in [-0.15, -0.1) is 0 Å². The second-order valence-electron chi connectivity index (χ2n) is 9.81. The molecule has 0 amide bonds. The van der Waals surface area contributed by atoms with E-state index in [9.17, 15) is 34.2 Å². The SMILES string of the molecule is C[C@]12C=CC(=O)C=C1CC[C@H]1[C@@H]3CC[C@](O)(C(=O)COP(=O)([O-])[O-])[C@@]3(C)C[C@H](O)[C@@]12F. The third-order valence-corrected chi connectivity index (χ3v) is 9.05. The molecule has 4 rings (SSSR count). The van der Waals surface area contributed by atoms with Gasteiger partial charge in [0, 0.05) is 16.7 Å². The maximum absolute atomic E-state index is 16.9. The minimum atomic E-state index is -5.41. The van der Waals surface area contributed by atoms with Crippen LogP contribution in [0.1, 0.15) is 46.0 Å². The van der Waals surface area contributed by atoms with Crippen molar-refractivity contribution in [3.63, 3.8) is 0 Å². The Morgan fingerprint density at radius 2 is 2.00 bits per heavy atom. The number of hydrogen-bond acceptors (Lipinski definition) is 8. The highest BCUT2D eigenvalue weighted by Gasteiger charge is 2.74. The Kier molecular flexibility index (Phi) is 5.10. The lowest BCUT2D eigenvalue weighted by Gasteiger charge is -2.62. The monoisotopic (exact) mass is 456 g/mol. The van der Waals surface area contributed by atoms with Crippen molar-refractivity contribution in [3.8, 4) is 0 Å². The summed E-state index contributed by atoms with van der Waals surface area (Å²) < 4.78 is 31.7. The van der Waals surface area contributed by atoms with E-state index in [2.05, 4.69) is 4.52 Å². The van der Waals surface area contributed by atoms with Gasteiger partial charge in [-0.1, -0.05) is 18.6 Å². The second kappa shape index (κ2) is 6.89. The maximum Gasteiger partial charge on any atom is 0.190 e. The van der Waals surface area contributed by atoms with Crippen LogP contribution in [0.15, 0.2) is 23.8 Å². The van der Waals surface area contributed by atoms with Crippen molar-refractivity contribution in [2.75, 3.05) is 6.61 Å². The lowest BCUT2D eigenvalue weighted by molar-refractivity contribution is -0.341. The van der Waals surface area contributed by atoms with E-state index in [0.717, 1.165) is 0 Å². The van der Waals surface area contributed by atoms with Crippen LogP contribution in [0.4, 0.5) is 4.39 Å². The maximum atomic E-state index is 16.9. The number of halogens is 1. The Labute approximate surface area is 179 Å². The molecule has 0 aromatic rings. The van der Waals surface area contributed by atoms with Crippen molar-refractivity contribution in [1.29, 1.82) is 0 Å². The van der Waals surface area contributed by atoms with Crippen molar-refractivity contribution in [2.24, 2.45) is 22.7 Å². The number of carbonyl (C=O) groups is 2. The molecule has 0 aliphatic heterocycles. The Morgan fingerprint density at radius 3 is 2.65 bits per heavy atom. The molecule has 7 atom stereocenters. The van der Waals surface area contributed by atoms with E-state index < -0.39 is 60.3 Å². The van der Waals surface area contributed by atoms with Gasteiger partial charge < -0.3 is 29.1 Å². The summed E-state index contributed by atoms with van der Waals surface area (Å²) in [4.78, 5) is 46.1. The predicted molar refractivity (Wildman–Crippen MR) is 102 cm³/mol. The number of alkyl halides is 1. The first-order valence-corrected chi connectivity index (χ1v) is 11.9. The van der Waals surface area contributed by atoms with Crippen LogP contribution in [0.5, 0.6) is 0 Å². The number of fused-ring (bicyclic) bond motifs is 5. The number of ketones is 2. The molecule has 31 heavy (non-hydrogen) atoms. The highest BCUT2D eigenvalue weighted by Crippen LogP contribution is 2.69. The molecule has 0 aromatic heterocycles. The van der Waals surface area contributed by atoms with Crippen LogP contribution >= 0.6 is 7.82 Å². The van der Waals surface area contributed by atoms with Crippen LogP contribution in [0.3, 0.4) is 0 Å². The van der Waals surface area contributed by atoms with E-state index in [1.54, 1.807) is 13.8 Å². The number of aliphatic hydroxyl groups is 2. The highest BCUT2D eigenvalue weighted by molar-refractivity contribution is 7.43. The second-order valence-corrected chi connectivity index (χ2v) is 11.0. The van der Waals surface area contributed by atoms with Gasteiger partial charge in [-0.2, -0.15) is 0 Å². The zero-order valence-corrected chi connectivity index (χ0v) is 18.3. The molecule has 172 valence electrons. The number of allylic oxidation sites excluding steroid dienone is 4. The first kappa shape index (κ1) is 23.0. The van der Waals surface area contributed by atoms with E-state index in [1.165, 1.54) is 18.2 Å². The molecule has 0 unspecified atom stereocenters. The van der Waals surface area contributed by atoms with Crippen LogP contribution in [0.25, 0.3) is 0 Å². The summed E-state index contributed by atoms with van der Waals surface area (Å²) in [6.07, 6.45) is 3.52. The molecule has 4 aliphatic carbocycles. The molecule has 0 saturated heterocycles. The predicted octanol–water partition coefficient (Wildman–Crippen LogP) is 0.503. The lowest BCUT2D eigenvalue weighted by atomic mass is 9.44. The largest absolute Gasteiger partial charge is 0.790 e. The summed E-state index contributed by atoms with van der Waals surface area (Å²) >= 11 is 0. The summed E-state index contributed by atoms with van der Waals surface area (Å²) in [6, 6.07) is 0. The first-order chi connectivity index (χ1) is 14.2. The van der Waals surface area contributed by atoms with Crippen molar-refractivity contribution in [1.82, 2.24) is 0 Å². The number of carbonyl (C=O) groups excluding carboxylic acids is 2. The van der Waals surface area contributed by atoms with Gasteiger partial charge in [-0.05, 0) is 57.1 Å². The molecule has 0 heterocycles. The lowest BCUT2D eigenvalue weighted by Crippen LogP contribution is -2.69. The number of aliphatic hydroxyl groups excluding tert-OH is 1. The first-order valence-electron chi connectivity index (χ1n) is 10.4. The summed E-state index contributed by atoms with van der Waals surface area (Å²) in [7, 11) is -5.41. The molecular weight excluding hydrogens is 430 g/mol. The molecule has 4 aliphatic rings. The standard InChI is InChI=1S/C21H28FO8P/c1-18-7-5-13(23)9-12(18)3-4-15-14-6-8-20(26,17(25)11-30-31(27,28)29)19(14,2)10-16(24)21(15,18)22/h5,7,9,14-16,24,26H,3-4,6,8,10-11H2,1-2H3,(H2,27,28,29)/p-2/t14-,15-,16-,18-,19-,20-,21-/m0/s1. The van der Waals surface area contributed by atoms with Crippen LogP contribution in [0, 0.1) is 22.7 Å². The van der Waals surface area contributed by atoms with Gasteiger partial charge in [0.1, 0.15) is 12.2 Å². The van der Waals surface area contributed by atoms with E-state index in [4.69, 9.17) is 0 Å². The van der Waals surface area contributed by atoms with Crippen molar-refractivity contribution < 1.29 is 43.1 Å². The number of phosphoric acid groups is 1. The van der Waals surface area contributed by atoms with Crippen molar-refractivity contribution in [3.05, 3.63) is 23.8 Å².